The zero-order chi connectivity index (χ0) is 22.4. The number of esters is 1. The third-order valence-corrected chi connectivity index (χ3v) is 7.13. The summed E-state index contributed by atoms with van der Waals surface area (Å²) in [4.78, 5) is 43.8. The summed E-state index contributed by atoms with van der Waals surface area (Å²) >= 11 is 0. The molecule has 0 saturated carbocycles. The molecule has 8 heteroatoms. The van der Waals surface area contributed by atoms with E-state index in [-0.39, 0.29) is 37.6 Å². The van der Waals surface area contributed by atoms with E-state index in [2.05, 4.69) is 0 Å². The fourth-order valence-electron chi connectivity index (χ4n) is 5.70. The highest BCUT2D eigenvalue weighted by Crippen LogP contribution is 2.58. The van der Waals surface area contributed by atoms with Crippen molar-refractivity contribution in [2.45, 2.75) is 63.3 Å². The number of rotatable bonds is 4. The van der Waals surface area contributed by atoms with E-state index in [0.717, 1.165) is 6.42 Å². The molecule has 0 aliphatic carbocycles. The molecule has 1 unspecified atom stereocenters. The Morgan fingerprint density at radius 3 is 2.61 bits per heavy atom. The minimum atomic E-state index is -1.28. The van der Waals surface area contributed by atoms with Crippen molar-refractivity contribution in [2.75, 3.05) is 26.3 Å². The molecule has 0 aromatic rings. The van der Waals surface area contributed by atoms with Gasteiger partial charge in [-0.2, -0.15) is 0 Å². The summed E-state index contributed by atoms with van der Waals surface area (Å²) in [6, 6.07) is -1.00. The Labute approximate surface area is 182 Å². The van der Waals surface area contributed by atoms with Crippen LogP contribution >= 0.6 is 0 Å². The maximum absolute atomic E-state index is 13.7. The molecule has 4 aliphatic heterocycles. The maximum atomic E-state index is 13.7. The average molecular weight is 433 g/mol. The molecule has 2 fully saturated rings. The minimum Gasteiger partial charge on any atom is -0.465 e. The van der Waals surface area contributed by atoms with Crippen LogP contribution in [0.1, 0.15) is 40.0 Å². The van der Waals surface area contributed by atoms with Gasteiger partial charge in [0.25, 0.3) is 0 Å². The summed E-state index contributed by atoms with van der Waals surface area (Å²) in [5.41, 5.74) is -2.31. The summed E-state index contributed by atoms with van der Waals surface area (Å²) in [6.45, 7) is 6.19. The molecule has 8 nitrogen and oxygen atoms in total. The van der Waals surface area contributed by atoms with E-state index < -0.39 is 35.0 Å². The van der Waals surface area contributed by atoms with Crippen LogP contribution in [0.25, 0.3) is 0 Å². The second-order valence-electron chi connectivity index (χ2n) is 9.08. The van der Waals surface area contributed by atoms with Crippen LogP contribution in [0.2, 0.25) is 0 Å². The number of β-amino-alcohol motifs (C(OH)–C–C–N with tert-alkyl or cyclic N) is 1. The van der Waals surface area contributed by atoms with Gasteiger partial charge in [-0.3, -0.25) is 14.4 Å². The Bertz CT molecular complexity index is 823. The van der Waals surface area contributed by atoms with Crippen molar-refractivity contribution in [3.63, 3.8) is 0 Å². The maximum Gasteiger partial charge on any atom is 0.313 e. The number of nitrogens with zero attached hydrogens (tertiary/aromatic N) is 2. The highest BCUT2D eigenvalue weighted by molar-refractivity contribution is 5.99. The monoisotopic (exact) mass is 432 g/mol. The van der Waals surface area contributed by atoms with Crippen LogP contribution in [-0.2, 0) is 23.9 Å². The molecule has 2 saturated heterocycles. The molecular weight excluding hydrogens is 400 g/mol. The van der Waals surface area contributed by atoms with E-state index in [4.69, 9.17) is 9.47 Å². The largest absolute Gasteiger partial charge is 0.465 e. The van der Waals surface area contributed by atoms with Gasteiger partial charge in [0, 0.05) is 19.1 Å². The first kappa shape index (κ1) is 22.0. The quantitative estimate of drug-likeness (QED) is 0.527. The molecule has 170 valence electrons. The number of likely N-dealkylation sites (tertiary alicyclic amines) is 1. The smallest absolute Gasteiger partial charge is 0.313 e. The zero-order valence-corrected chi connectivity index (χ0v) is 18.5. The van der Waals surface area contributed by atoms with Crippen molar-refractivity contribution in [2.24, 2.45) is 11.8 Å². The molecule has 0 aromatic carbocycles. The second-order valence-corrected chi connectivity index (χ2v) is 9.08. The number of carbonyl (C=O) groups excluding carboxylic acids is 3. The van der Waals surface area contributed by atoms with Gasteiger partial charge >= 0.3 is 5.97 Å². The van der Waals surface area contributed by atoms with Crippen LogP contribution in [0, 0.1) is 11.8 Å². The number of hydrogen-bond acceptors (Lipinski definition) is 6. The fraction of sp³-hybridized carbons (Fsp3) is 0.696. The molecule has 4 heterocycles. The lowest BCUT2D eigenvalue weighted by Gasteiger charge is -2.39. The van der Waals surface area contributed by atoms with E-state index >= 15 is 0 Å². The van der Waals surface area contributed by atoms with Crippen molar-refractivity contribution in [1.29, 1.82) is 0 Å². The summed E-state index contributed by atoms with van der Waals surface area (Å²) in [5, 5.41) is 9.65. The van der Waals surface area contributed by atoms with E-state index in [0.29, 0.717) is 19.4 Å². The number of hydrogen-bond donors (Lipinski definition) is 1. The van der Waals surface area contributed by atoms with Gasteiger partial charge in [-0.25, -0.2) is 0 Å². The van der Waals surface area contributed by atoms with Crippen molar-refractivity contribution in [3.05, 3.63) is 24.3 Å². The van der Waals surface area contributed by atoms with Crippen LogP contribution in [-0.4, -0.2) is 82.3 Å². The van der Waals surface area contributed by atoms with Gasteiger partial charge in [-0.05, 0) is 33.1 Å². The predicted octanol–water partition coefficient (Wildman–Crippen LogP) is 1.04. The second kappa shape index (κ2) is 8.06. The molecule has 31 heavy (non-hydrogen) atoms. The third-order valence-electron chi connectivity index (χ3n) is 7.13. The molecule has 0 radical (unpaired) electrons. The number of aliphatic hydroxyl groups is 1. The molecular formula is C23H32N2O6. The number of amides is 2. The number of allylic oxidation sites excluding steroid dienone is 1. The standard InChI is InChI=1S/C23H32N2O6/c1-4-22-9-6-5-7-14-30-21(29)17(22)16-19(27)25(12-13-26)18-20(28)24(15(2)3)11-8-10-23(16,18)31-22/h6,8-10,15-18,26H,4-5,7,11-14H2,1-3H3/b9-6-/t16-,17+,18?,22-,23-/m0/s1. The summed E-state index contributed by atoms with van der Waals surface area (Å²) in [5.74, 6) is -2.76. The van der Waals surface area contributed by atoms with Crippen LogP contribution in [0.4, 0.5) is 0 Å². The van der Waals surface area contributed by atoms with Gasteiger partial charge in [0.15, 0.2) is 0 Å². The normalized spacial score (nSPS) is 38.7. The Kier molecular flexibility index (Phi) is 5.72. The Morgan fingerprint density at radius 2 is 1.94 bits per heavy atom. The number of fused-ring (bicyclic) bond motifs is 2. The van der Waals surface area contributed by atoms with Crippen molar-refractivity contribution in [3.8, 4) is 0 Å². The first-order valence-corrected chi connectivity index (χ1v) is 11.3. The van der Waals surface area contributed by atoms with Crippen LogP contribution < -0.4 is 0 Å². The first-order chi connectivity index (χ1) is 14.8. The van der Waals surface area contributed by atoms with Gasteiger partial charge in [0.2, 0.25) is 11.8 Å². The fourth-order valence-corrected chi connectivity index (χ4v) is 5.70. The molecule has 2 amide bonds. The first-order valence-electron chi connectivity index (χ1n) is 11.3. The Hall–Kier alpha value is -2.19. The molecule has 0 bridgehead atoms. The molecule has 1 N–H and O–H groups in total. The van der Waals surface area contributed by atoms with Crippen LogP contribution in [0.15, 0.2) is 24.3 Å². The van der Waals surface area contributed by atoms with E-state index in [1.807, 2.05) is 45.1 Å². The topological polar surface area (TPSA) is 96.4 Å². The summed E-state index contributed by atoms with van der Waals surface area (Å²) in [7, 11) is 0. The van der Waals surface area contributed by atoms with E-state index in [1.165, 1.54) is 4.90 Å². The Morgan fingerprint density at radius 1 is 1.16 bits per heavy atom. The number of cyclic esters (lactones) is 1. The zero-order valence-electron chi connectivity index (χ0n) is 18.5. The third kappa shape index (κ3) is 3.14. The van der Waals surface area contributed by atoms with Gasteiger partial charge in [0.1, 0.15) is 23.2 Å². The minimum absolute atomic E-state index is 0.00730. The number of carbonyl (C=O) groups is 3. The van der Waals surface area contributed by atoms with E-state index in [1.54, 1.807) is 4.90 Å². The van der Waals surface area contributed by atoms with Crippen molar-refractivity contribution >= 4 is 17.8 Å². The lowest BCUT2D eigenvalue weighted by molar-refractivity contribution is -0.161. The molecule has 4 aliphatic rings. The highest BCUT2D eigenvalue weighted by atomic mass is 16.6. The van der Waals surface area contributed by atoms with Crippen molar-refractivity contribution < 1.29 is 29.0 Å². The van der Waals surface area contributed by atoms with Crippen LogP contribution in [0.3, 0.4) is 0 Å². The van der Waals surface area contributed by atoms with Gasteiger partial charge in [-0.15, -0.1) is 0 Å². The molecule has 4 rings (SSSR count). The predicted molar refractivity (Wildman–Crippen MR) is 112 cm³/mol. The highest BCUT2D eigenvalue weighted by Gasteiger charge is 2.75. The average Bonchev–Trinajstić information content (AvgIpc) is 3.10. The van der Waals surface area contributed by atoms with E-state index in [9.17, 15) is 19.5 Å². The van der Waals surface area contributed by atoms with Gasteiger partial charge in [0.05, 0.1) is 19.1 Å². The molecule has 0 aromatic heterocycles. The SMILES string of the molecule is CC[C@]12/C=C\CCCOC(=O)[C@H]1[C@H]1C(=O)N(CCO)C3C(=O)N(C(C)C)CC=C[C@@]31O2. The summed E-state index contributed by atoms with van der Waals surface area (Å²) < 4.78 is 12.3. The van der Waals surface area contributed by atoms with Crippen LogP contribution in [0.5, 0.6) is 0 Å². The Balaban J connectivity index is 1.90. The lowest BCUT2D eigenvalue weighted by Crippen LogP contribution is -2.57. The molecule has 1 spiro atoms. The summed E-state index contributed by atoms with van der Waals surface area (Å²) in [6.07, 6.45) is 9.49. The van der Waals surface area contributed by atoms with Crippen molar-refractivity contribution in [1.82, 2.24) is 9.80 Å². The van der Waals surface area contributed by atoms with Gasteiger partial charge in [-0.1, -0.05) is 31.2 Å². The molecule has 5 atom stereocenters. The van der Waals surface area contributed by atoms with Gasteiger partial charge < -0.3 is 24.4 Å². The number of aliphatic hydroxyl groups excluding tert-OH is 1. The lowest BCUT2D eigenvalue weighted by atomic mass is 9.73. The number of ether oxygens (including phenoxy) is 2.